The van der Waals surface area contributed by atoms with Crippen LogP contribution in [0.4, 0.5) is 0 Å². The van der Waals surface area contributed by atoms with E-state index >= 15 is 0 Å². The van der Waals surface area contributed by atoms with Crippen molar-refractivity contribution in [1.29, 1.82) is 0 Å². The molecule has 2 N–H and O–H groups in total. The second-order valence-electron chi connectivity index (χ2n) is 4.32. The maximum absolute atomic E-state index is 6.00. The van der Waals surface area contributed by atoms with E-state index in [1.54, 1.807) is 0 Å². The highest BCUT2D eigenvalue weighted by atomic mass is 127. The molecule has 106 valence electrons. The van der Waals surface area contributed by atoms with Gasteiger partial charge in [-0.1, -0.05) is 0 Å². The van der Waals surface area contributed by atoms with Gasteiger partial charge >= 0.3 is 0 Å². The third-order valence-corrected chi connectivity index (χ3v) is 3.70. The summed E-state index contributed by atoms with van der Waals surface area (Å²) >= 11 is 1.96. The van der Waals surface area contributed by atoms with Crippen LogP contribution >= 0.6 is 35.7 Å². The average molecular weight is 393 g/mol. The van der Waals surface area contributed by atoms with Crippen molar-refractivity contribution in [3.63, 3.8) is 0 Å². The minimum absolute atomic E-state index is 0. The molecule has 0 amide bonds. The van der Waals surface area contributed by atoms with E-state index in [-0.39, 0.29) is 24.0 Å². The standard InChI is InChI=1S/C12H19N5S.HI/c1-9-7-11(16-10(2)15-9)8-14-12(13)17-3-5-18-6-4-17;/h7H,3-6,8H2,1-2H3,(H2,13,14);1H. The van der Waals surface area contributed by atoms with Crippen LogP contribution in [0.1, 0.15) is 17.2 Å². The first-order valence-electron chi connectivity index (χ1n) is 6.09. The van der Waals surface area contributed by atoms with E-state index in [9.17, 15) is 0 Å². The number of nitrogens with zero attached hydrogens (tertiary/aromatic N) is 4. The monoisotopic (exact) mass is 393 g/mol. The molecule has 0 saturated carbocycles. The van der Waals surface area contributed by atoms with Crippen LogP contribution in [0.3, 0.4) is 0 Å². The topological polar surface area (TPSA) is 67.4 Å². The van der Waals surface area contributed by atoms with Crippen LogP contribution in [0.5, 0.6) is 0 Å². The molecule has 0 aliphatic carbocycles. The first kappa shape index (κ1) is 16.5. The fraction of sp³-hybridized carbons (Fsp3) is 0.583. The van der Waals surface area contributed by atoms with Gasteiger partial charge in [0.25, 0.3) is 0 Å². The number of nitrogens with two attached hydrogens (primary N) is 1. The fourth-order valence-corrected chi connectivity index (χ4v) is 2.83. The molecule has 1 aromatic rings. The van der Waals surface area contributed by atoms with Crippen molar-refractivity contribution in [1.82, 2.24) is 14.9 Å². The SMILES string of the molecule is Cc1cc(CN=C(N)N2CCSCC2)nc(C)n1.I. The van der Waals surface area contributed by atoms with Gasteiger partial charge in [-0.2, -0.15) is 11.8 Å². The Morgan fingerprint density at radius 1 is 1.37 bits per heavy atom. The van der Waals surface area contributed by atoms with Crippen LogP contribution in [0.25, 0.3) is 0 Å². The van der Waals surface area contributed by atoms with E-state index in [4.69, 9.17) is 5.73 Å². The van der Waals surface area contributed by atoms with E-state index in [0.717, 1.165) is 41.8 Å². The van der Waals surface area contributed by atoms with Gasteiger partial charge < -0.3 is 10.6 Å². The smallest absolute Gasteiger partial charge is 0.191 e. The molecule has 1 aromatic heterocycles. The van der Waals surface area contributed by atoms with Crippen molar-refractivity contribution in [2.24, 2.45) is 10.7 Å². The molecule has 2 heterocycles. The lowest BCUT2D eigenvalue weighted by Crippen LogP contribution is -2.42. The maximum atomic E-state index is 6.00. The van der Waals surface area contributed by atoms with Gasteiger partial charge in [0.1, 0.15) is 5.82 Å². The highest BCUT2D eigenvalue weighted by Crippen LogP contribution is 2.09. The van der Waals surface area contributed by atoms with Gasteiger partial charge in [-0.05, 0) is 19.9 Å². The first-order valence-corrected chi connectivity index (χ1v) is 7.24. The van der Waals surface area contributed by atoms with Crippen molar-refractivity contribution in [2.45, 2.75) is 20.4 Å². The van der Waals surface area contributed by atoms with Crippen LogP contribution in [-0.4, -0.2) is 45.4 Å². The van der Waals surface area contributed by atoms with Crippen LogP contribution < -0.4 is 5.73 Å². The summed E-state index contributed by atoms with van der Waals surface area (Å²) in [7, 11) is 0. The van der Waals surface area contributed by atoms with E-state index in [2.05, 4.69) is 19.9 Å². The van der Waals surface area contributed by atoms with Gasteiger partial charge in [-0.25, -0.2) is 15.0 Å². The Morgan fingerprint density at radius 3 is 2.68 bits per heavy atom. The normalized spacial score (nSPS) is 16.1. The number of halogens is 1. The highest BCUT2D eigenvalue weighted by molar-refractivity contribution is 14.0. The molecule has 0 unspecified atom stereocenters. The highest BCUT2D eigenvalue weighted by Gasteiger charge is 2.11. The van der Waals surface area contributed by atoms with Crippen molar-refractivity contribution in [2.75, 3.05) is 24.6 Å². The Morgan fingerprint density at radius 2 is 2.05 bits per heavy atom. The van der Waals surface area contributed by atoms with Gasteiger partial charge in [-0.3, -0.25) is 0 Å². The minimum atomic E-state index is 0. The Hall–Kier alpha value is -0.570. The van der Waals surface area contributed by atoms with Gasteiger partial charge in [0.2, 0.25) is 0 Å². The molecule has 0 atom stereocenters. The molecule has 1 fully saturated rings. The Bertz CT molecular complexity index is 425. The molecule has 0 radical (unpaired) electrons. The zero-order valence-electron chi connectivity index (χ0n) is 11.3. The molecule has 5 nitrogen and oxygen atoms in total. The van der Waals surface area contributed by atoms with E-state index in [1.165, 1.54) is 0 Å². The summed E-state index contributed by atoms with van der Waals surface area (Å²) in [6.07, 6.45) is 0. The molecule has 1 saturated heterocycles. The summed E-state index contributed by atoms with van der Waals surface area (Å²) in [4.78, 5) is 15.2. The lowest BCUT2D eigenvalue weighted by atomic mass is 10.3. The van der Waals surface area contributed by atoms with Gasteiger partial charge in [-0.15, -0.1) is 24.0 Å². The second-order valence-corrected chi connectivity index (χ2v) is 5.55. The number of aliphatic imine (C=N–C) groups is 1. The summed E-state index contributed by atoms with van der Waals surface area (Å²) in [6.45, 7) is 6.36. The third kappa shape index (κ3) is 5.13. The number of hydrogen-bond donors (Lipinski definition) is 1. The molecule has 0 bridgehead atoms. The van der Waals surface area contributed by atoms with Gasteiger partial charge in [0.15, 0.2) is 5.96 Å². The predicted molar refractivity (Wildman–Crippen MR) is 91.1 cm³/mol. The van der Waals surface area contributed by atoms with E-state index in [0.29, 0.717) is 12.5 Å². The number of thioether (sulfide) groups is 1. The zero-order valence-corrected chi connectivity index (χ0v) is 14.4. The van der Waals surface area contributed by atoms with Crippen LogP contribution in [-0.2, 0) is 6.54 Å². The molecule has 19 heavy (non-hydrogen) atoms. The zero-order chi connectivity index (χ0) is 13.0. The number of hydrogen-bond acceptors (Lipinski definition) is 4. The van der Waals surface area contributed by atoms with Crippen LogP contribution in [0.2, 0.25) is 0 Å². The molecule has 0 aromatic carbocycles. The Kier molecular flexibility index (Phi) is 6.84. The molecular weight excluding hydrogens is 373 g/mol. The quantitative estimate of drug-likeness (QED) is 0.470. The molecule has 7 heteroatoms. The molecule has 1 aliphatic rings. The van der Waals surface area contributed by atoms with Crippen molar-refractivity contribution in [3.8, 4) is 0 Å². The van der Waals surface area contributed by atoms with Gasteiger partial charge in [0.05, 0.1) is 12.2 Å². The number of aryl methyl sites for hydroxylation is 2. The van der Waals surface area contributed by atoms with Crippen molar-refractivity contribution >= 4 is 41.7 Å². The molecule has 0 spiro atoms. The summed E-state index contributed by atoms with van der Waals surface area (Å²) in [5, 5.41) is 0. The predicted octanol–water partition coefficient (Wildman–Crippen LogP) is 1.57. The summed E-state index contributed by atoms with van der Waals surface area (Å²) in [5.41, 5.74) is 7.89. The molecular formula is C12H20IN5S. The van der Waals surface area contributed by atoms with Crippen LogP contribution in [0.15, 0.2) is 11.1 Å². The summed E-state index contributed by atoms with van der Waals surface area (Å²) in [6, 6.07) is 1.95. The third-order valence-electron chi connectivity index (χ3n) is 2.76. The number of rotatable bonds is 2. The summed E-state index contributed by atoms with van der Waals surface area (Å²) in [5.74, 6) is 3.67. The number of aromatic nitrogens is 2. The summed E-state index contributed by atoms with van der Waals surface area (Å²) < 4.78 is 0. The average Bonchev–Trinajstić information content (AvgIpc) is 2.36. The fourth-order valence-electron chi connectivity index (χ4n) is 1.93. The lowest BCUT2D eigenvalue weighted by molar-refractivity contribution is 0.455. The van der Waals surface area contributed by atoms with Crippen molar-refractivity contribution < 1.29 is 0 Å². The molecule has 1 aliphatic heterocycles. The maximum Gasteiger partial charge on any atom is 0.191 e. The lowest BCUT2D eigenvalue weighted by Gasteiger charge is -2.27. The van der Waals surface area contributed by atoms with Gasteiger partial charge in [0, 0.05) is 30.3 Å². The minimum Gasteiger partial charge on any atom is -0.370 e. The van der Waals surface area contributed by atoms with Crippen LogP contribution in [0, 0.1) is 13.8 Å². The largest absolute Gasteiger partial charge is 0.370 e. The number of guanidine groups is 1. The molecule has 2 rings (SSSR count). The second kappa shape index (κ2) is 7.88. The first-order chi connectivity index (χ1) is 8.65. The Labute approximate surface area is 135 Å². The van der Waals surface area contributed by atoms with E-state index < -0.39 is 0 Å². The van der Waals surface area contributed by atoms with Crippen molar-refractivity contribution in [3.05, 3.63) is 23.3 Å². The Balaban J connectivity index is 0.00000180. The van der Waals surface area contributed by atoms with E-state index in [1.807, 2.05) is 31.7 Å².